The van der Waals surface area contributed by atoms with E-state index < -0.39 is 6.36 Å². The minimum atomic E-state index is -4.93. The van der Waals surface area contributed by atoms with Gasteiger partial charge in [-0.15, -0.1) is 18.1 Å². The molecule has 0 spiro atoms. The van der Waals surface area contributed by atoms with Crippen LogP contribution in [0.15, 0.2) is 5.34 Å². The molecule has 0 atom stereocenters. The molecule has 0 radical (unpaired) electrons. The quantitative estimate of drug-likeness (QED) is 0.380. The molecule has 0 aromatic carbocycles. The predicted molar refractivity (Wildman–Crippen MR) is 12.9 cm³/mol. The second-order valence-electron chi connectivity index (χ2n) is 0.612. The first kappa shape index (κ1) is 6.19. The van der Waals surface area contributed by atoms with E-state index in [4.69, 9.17) is 4.91 Å². The topological polar surface area (TPSA) is 38.7 Å². The zero-order valence-electron chi connectivity index (χ0n) is 2.90. The van der Waals surface area contributed by atoms with E-state index in [9.17, 15) is 13.2 Å². The van der Waals surface area contributed by atoms with Crippen LogP contribution in [0.25, 0.3) is 0 Å². The van der Waals surface area contributed by atoms with Crippen LogP contribution in [-0.2, 0) is 4.84 Å². The molecule has 0 amide bonds. The SMILES string of the molecule is O=NOC(F)(F)F. The Labute approximate surface area is 36.0 Å². The predicted octanol–water partition coefficient (Wildman–Crippen LogP) is 1.20. The molecule has 0 bridgehead atoms. The zero-order chi connectivity index (χ0) is 5.91. The summed E-state index contributed by atoms with van der Waals surface area (Å²) in [4.78, 5) is 10.9. The Hall–Kier alpha value is -0.810. The van der Waals surface area contributed by atoms with Crippen LogP contribution < -0.4 is 0 Å². The second kappa shape index (κ2) is 1.76. The van der Waals surface area contributed by atoms with Gasteiger partial charge < -0.3 is 0 Å². The van der Waals surface area contributed by atoms with E-state index in [0.717, 1.165) is 5.34 Å². The van der Waals surface area contributed by atoms with E-state index >= 15 is 0 Å². The molecular formula is CF3NO2. The van der Waals surface area contributed by atoms with E-state index in [2.05, 4.69) is 4.84 Å². The van der Waals surface area contributed by atoms with Crippen molar-refractivity contribution in [2.24, 2.45) is 5.34 Å². The summed E-state index contributed by atoms with van der Waals surface area (Å²) in [5.74, 6) is 0. The minimum absolute atomic E-state index is 1.13. The third kappa shape index (κ3) is 5.19. The molecule has 0 aromatic heterocycles. The van der Waals surface area contributed by atoms with Crippen LogP contribution in [0.3, 0.4) is 0 Å². The number of rotatable bonds is 1. The average molecular weight is 115 g/mol. The fourth-order valence-corrected chi connectivity index (χ4v) is 0.0423. The molecule has 0 aliphatic rings. The molecule has 7 heavy (non-hydrogen) atoms. The first-order valence-corrected chi connectivity index (χ1v) is 1.14. The Kier molecular flexibility index (Phi) is 1.56. The van der Waals surface area contributed by atoms with Crippen molar-refractivity contribution < 1.29 is 18.0 Å². The lowest BCUT2D eigenvalue weighted by Gasteiger charge is -1.94. The van der Waals surface area contributed by atoms with Crippen LogP contribution in [0.5, 0.6) is 0 Å². The van der Waals surface area contributed by atoms with Gasteiger partial charge in [-0.25, -0.2) is 0 Å². The molecule has 0 unspecified atom stereocenters. The van der Waals surface area contributed by atoms with Crippen LogP contribution in [0.2, 0.25) is 0 Å². The van der Waals surface area contributed by atoms with Crippen molar-refractivity contribution >= 4 is 0 Å². The van der Waals surface area contributed by atoms with Crippen LogP contribution in [0.1, 0.15) is 0 Å². The van der Waals surface area contributed by atoms with Gasteiger partial charge in [-0.05, 0) is 0 Å². The van der Waals surface area contributed by atoms with Crippen LogP contribution in [-0.4, -0.2) is 6.36 Å². The zero-order valence-corrected chi connectivity index (χ0v) is 2.90. The van der Waals surface area contributed by atoms with Crippen molar-refractivity contribution in [3.8, 4) is 0 Å². The average Bonchev–Trinajstić information content (AvgIpc) is 1.30. The number of hydrogen-bond acceptors (Lipinski definition) is 3. The molecule has 0 aromatic rings. The van der Waals surface area contributed by atoms with E-state index in [1.807, 2.05) is 0 Å². The summed E-state index contributed by atoms with van der Waals surface area (Å²) < 4.78 is 31.6. The number of nitrogens with zero attached hydrogens (tertiary/aromatic N) is 1. The third-order valence-electron chi connectivity index (χ3n) is 0.141. The Morgan fingerprint density at radius 3 is 1.86 bits per heavy atom. The Balaban J connectivity index is 3.34. The summed E-state index contributed by atoms with van der Waals surface area (Å²) in [6.45, 7) is 0. The van der Waals surface area contributed by atoms with Crippen molar-refractivity contribution in [3.05, 3.63) is 4.91 Å². The maximum Gasteiger partial charge on any atom is 0.595 e. The molecule has 6 heteroatoms. The van der Waals surface area contributed by atoms with Gasteiger partial charge in [-0.3, -0.25) is 4.84 Å². The van der Waals surface area contributed by atoms with Gasteiger partial charge in [0.15, 0.2) is 5.34 Å². The van der Waals surface area contributed by atoms with Crippen LogP contribution in [0, 0.1) is 4.91 Å². The number of halogens is 3. The monoisotopic (exact) mass is 115 g/mol. The summed E-state index contributed by atoms with van der Waals surface area (Å²) in [6, 6.07) is 0. The van der Waals surface area contributed by atoms with Gasteiger partial charge >= 0.3 is 6.36 Å². The summed E-state index contributed by atoms with van der Waals surface area (Å²) in [5, 5.41) is 1.13. The Morgan fingerprint density at radius 2 is 1.86 bits per heavy atom. The second-order valence-corrected chi connectivity index (χ2v) is 0.612. The van der Waals surface area contributed by atoms with Gasteiger partial charge in [0.2, 0.25) is 0 Å². The Morgan fingerprint density at radius 1 is 1.43 bits per heavy atom. The van der Waals surface area contributed by atoms with Crippen molar-refractivity contribution in [3.63, 3.8) is 0 Å². The summed E-state index contributed by atoms with van der Waals surface area (Å²) in [5.41, 5.74) is 0. The highest BCUT2D eigenvalue weighted by molar-refractivity contribution is 4.17. The lowest BCUT2D eigenvalue weighted by Crippen LogP contribution is -2.07. The van der Waals surface area contributed by atoms with E-state index in [1.54, 1.807) is 0 Å². The summed E-state index contributed by atoms with van der Waals surface area (Å²) in [7, 11) is 0. The molecule has 0 heterocycles. The lowest BCUT2D eigenvalue weighted by molar-refractivity contribution is -0.326. The largest absolute Gasteiger partial charge is 0.595 e. The molecule has 0 N–H and O–H groups in total. The number of hydrogen-bond donors (Lipinski definition) is 0. The fourth-order valence-electron chi connectivity index (χ4n) is 0.0423. The smallest absolute Gasteiger partial charge is 0.259 e. The van der Waals surface area contributed by atoms with Crippen molar-refractivity contribution in [1.82, 2.24) is 0 Å². The van der Waals surface area contributed by atoms with Crippen LogP contribution in [0.4, 0.5) is 13.2 Å². The first-order chi connectivity index (χ1) is 3.06. The van der Waals surface area contributed by atoms with Crippen molar-refractivity contribution in [2.45, 2.75) is 6.36 Å². The molecule has 0 fully saturated rings. The lowest BCUT2D eigenvalue weighted by atomic mass is 11.4. The highest BCUT2D eigenvalue weighted by atomic mass is 19.4. The molecule has 0 saturated heterocycles. The van der Waals surface area contributed by atoms with E-state index in [-0.39, 0.29) is 0 Å². The van der Waals surface area contributed by atoms with E-state index in [1.165, 1.54) is 0 Å². The highest BCUT2D eigenvalue weighted by Crippen LogP contribution is 2.15. The molecule has 3 nitrogen and oxygen atoms in total. The molecule has 0 rings (SSSR count). The van der Waals surface area contributed by atoms with Gasteiger partial charge in [0, 0.05) is 0 Å². The van der Waals surface area contributed by atoms with Gasteiger partial charge in [-0.2, -0.15) is 0 Å². The maximum absolute atomic E-state index is 10.5. The maximum atomic E-state index is 10.5. The molecule has 0 aliphatic heterocycles. The van der Waals surface area contributed by atoms with Gasteiger partial charge in [0.25, 0.3) is 0 Å². The molecule has 0 saturated carbocycles. The standard InChI is InChI=1S/CF3NO2/c2-1(3,4)7-5-6. The Bertz CT molecular complexity index is 67.8. The van der Waals surface area contributed by atoms with Gasteiger partial charge in [-0.1, -0.05) is 0 Å². The van der Waals surface area contributed by atoms with Gasteiger partial charge in [0.05, 0.1) is 0 Å². The van der Waals surface area contributed by atoms with Crippen molar-refractivity contribution in [1.29, 1.82) is 0 Å². The summed E-state index contributed by atoms with van der Waals surface area (Å²) in [6.07, 6.45) is -4.93. The minimum Gasteiger partial charge on any atom is -0.259 e. The normalized spacial score (nSPS) is 10.7. The third-order valence-corrected chi connectivity index (χ3v) is 0.141. The molecule has 0 aliphatic carbocycles. The van der Waals surface area contributed by atoms with Crippen LogP contribution >= 0.6 is 0 Å². The van der Waals surface area contributed by atoms with E-state index in [0.29, 0.717) is 0 Å². The highest BCUT2D eigenvalue weighted by Gasteiger charge is 2.31. The van der Waals surface area contributed by atoms with Gasteiger partial charge in [0.1, 0.15) is 0 Å². The molecule has 42 valence electrons. The summed E-state index contributed by atoms with van der Waals surface area (Å²) >= 11 is 0. The first-order valence-electron chi connectivity index (χ1n) is 1.14. The molecular weight excluding hydrogens is 115 g/mol. The fraction of sp³-hybridized carbons (Fsp3) is 1.00. The number of alkyl halides is 3. The van der Waals surface area contributed by atoms with Crippen molar-refractivity contribution in [2.75, 3.05) is 0 Å².